The lowest BCUT2D eigenvalue weighted by Crippen LogP contribution is -2.37. The van der Waals surface area contributed by atoms with Gasteiger partial charge >= 0.3 is 6.03 Å². The third kappa shape index (κ3) is 5.19. The smallest absolute Gasteiger partial charge is 0.315 e. The van der Waals surface area contributed by atoms with Gasteiger partial charge in [0, 0.05) is 37.4 Å². The maximum absolute atomic E-state index is 12.2. The fourth-order valence-electron chi connectivity index (χ4n) is 4.11. The molecule has 4 N–H and O–H groups in total. The van der Waals surface area contributed by atoms with Crippen molar-refractivity contribution in [3.63, 3.8) is 0 Å². The zero-order valence-corrected chi connectivity index (χ0v) is 18.8. The number of hydrogen-bond acceptors (Lipinski definition) is 5. The van der Waals surface area contributed by atoms with E-state index in [0.717, 1.165) is 48.4 Å². The lowest BCUT2D eigenvalue weighted by molar-refractivity contribution is 0.126. The number of anilines is 1. The third-order valence-electron chi connectivity index (χ3n) is 5.83. The SMILES string of the molecule is CCOCc1nc2c(N)nc(C)cc2n1CCCCNC(=O)N[C@@H]1C[C@H]1c1ccccc1. The molecule has 0 unspecified atom stereocenters. The summed E-state index contributed by atoms with van der Waals surface area (Å²) in [4.78, 5) is 21.2. The molecule has 2 aromatic heterocycles. The fourth-order valence-corrected chi connectivity index (χ4v) is 4.11. The molecule has 1 aliphatic rings. The summed E-state index contributed by atoms with van der Waals surface area (Å²) in [6.07, 6.45) is 2.78. The van der Waals surface area contributed by atoms with Crippen LogP contribution in [-0.2, 0) is 17.9 Å². The van der Waals surface area contributed by atoms with Crippen LogP contribution >= 0.6 is 0 Å². The van der Waals surface area contributed by atoms with Crippen LogP contribution in [0.2, 0.25) is 0 Å². The van der Waals surface area contributed by atoms with Crippen molar-refractivity contribution in [1.29, 1.82) is 0 Å². The molecule has 170 valence electrons. The number of nitrogens with one attached hydrogen (secondary N) is 2. The number of carbonyl (C=O) groups is 1. The summed E-state index contributed by atoms with van der Waals surface area (Å²) < 4.78 is 7.75. The van der Waals surface area contributed by atoms with Crippen molar-refractivity contribution in [2.45, 2.75) is 58.2 Å². The molecule has 0 spiro atoms. The molecule has 8 nitrogen and oxygen atoms in total. The molecule has 1 fully saturated rings. The van der Waals surface area contributed by atoms with Crippen LogP contribution in [0.5, 0.6) is 0 Å². The largest absolute Gasteiger partial charge is 0.382 e. The second-order valence-electron chi connectivity index (χ2n) is 8.30. The van der Waals surface area contributed by atoms with Gasteiger partial charge in [0.25, 0.3) is 0 Å². The summed E-state index contributed by atoms with van der Waals surface area (Å²) in [5, 5.41) is 6.05. The highest BCUT2D eigenvalue weighted by atomic mass is 16.5. The number of urea groups is 1. The van der Waals surface area contributed by atoms with Crippen LogP contribution in [0.1, 0.15) is 49.2 Å². The van der Waals surface area contributed by atoms with Crippen LogP contribution in [0, 0.1) is 6.92 Å². The number of carbonyl (C=O) groups excluding carboxylic acids is 1. The Morgan fingerprint density at radius 3 is 2.84 bits per heavy atom. The highest BCUT2D eigenvalue weighted by Gasteiger charge is 2.39. The number of rotatable bonds is 10. The van der Waals surface area contributed by atoms with Gasteiger partial charge in [0.15, 0.2) is 5.82 Å². The Balaban J connectivity index is 1.25. The Morgan fingerprint density at radius 2 is 2.06 bits per heavy atom. The Hall–Kier alpha value is -3.13. The lowest BCUT2D eigenvalue weighted by atomic mass is 10.1. The van der Waals surface area contributed by atoms with E-state index in [-0.39, 0.29) is 12.1 Å². The molecule has 2 amide bonds. The molecular weight excluding hydrogens is 404 g/mol. The van der Waals surface area contributed by atoms with Gasteiger partial charge in [-0.1, -0.05) is 30.3 Å². The van der Waals surface area contributed by atoms with Crippen LogP contribution in [-0.4, -0.2) is 39.8 Å². The van der Waals surface area contributed by atoms with Gasteiger partial charge in [0.05, 0.1) is 5.52 Å². The van der Waals surface area contributed by atoms with Gasteiger partial charge in [-0.15, -0.1) is 0 Å². The molecule has 1 aromatic carbocycles. The summed E-state index contributed by atoms with van der Waals surface area (Å²) in [6.45, 7) is 6.37. The topological polar surface area (TPSA) is 107 Å². The predicted molar refractivity (Wildman–Crippen MR) is 125 cm³/mol. The first-order valence-electron chi connectivity index (χ1n) is 11.4. The minimum absolute atomic E-state index is 0.0898. The second kappa shape index (κ2) is 9.99. The molecule has 0 bridgehead atoms. The maximum atomic E-state index is 12.2. The number of benzene rings is 1. The minimum Gasteiger partial charge on any atom is -0.382 e. The van der Waals surface area contributed by atoms with E-state index in [1.807, 2.05) is 38.1 Å². The first-order valence-corrected chi connectivity index (χ1v) is 11.4. The van der Waals surface area contributed by atoms with E-state index in [1.165, 1.54) is 5.56 Å². The molecule has 1 aliphatic carbocycles. The summed E-state index contributed by atoms with van der Waals surface area (Å²) >= 11 is 0. The van der Waals surface area contributed by atoms with Crippen LogP contribution in [0.4, 0.5) is 10.6 Å². The number of aromatic nitrogens is 3. The van der Waals surface area contributed by atoms with Crippen LogP contribution in [0.3, 0.4) is 0 Å². The van der Waals surface area contributed by atoms with E-state index in [4.69, 9.17) is 10.5 Å². The van der Waals surface area contributed by atoms with Crippen molar-refractivity contribution in [3.05, 3.63) is 53.5 Å². The van der Waals surface area contributed by atoms with Gasteiger partial charge in [0.1, 0.15) is 17.9 Å². The molecule has 3 aromatic rings. The summed E-state index contributed by atoms with van der Waals surface area (Å²) in [5.74, 6) is 1.74. The number of pyridine rings is 1. The van der Waals surface area contributed by atoms with Crippen LogP contribution in [0.15, 0.2) is 36.4 Å². The Labute approximate surface area is 188 Å². The number of nitrogens with zero attached hydrogens (tertiary/aromatic N) is 3. The Morgan fingerprint density at radius 1 is 1.25 bits per heavy atom. The average Bonchev–Trinajstić information content (AvgIpc) is 3.46. The fraction of sp³-hybridized carbons (Fsp3) is 0.458. The van der Waals surface area contributed by atoms with Crippen LogP contribution < -0.4 is 16.4 Å². The van der Waals surface area contributed by atoms with Gasteiger partial charge in [-0.25, -0.2) is 14.8 Å². The molecule has 4 rings (SSSR count). The van der Waals surface area contributed by atoms with Crippen molar-refractivity contribution in [1.82, 2.24) is 25.2 Å². The molecule has 0 radical (unpaired) electrons. The molecule has 2 atom stereocenters. The number of amides is 2. The van der Waals surface area contributed by atoms with Crippen molar-refractivity contribution in [2.24, 2.45) is 0 Å². The van der Waals surface area contributed by atoms with Crippen molar-refractivity contribution in [3.8, 4) is 0 Å². The molecular formula is C24H32N6O2. The standard InChI is InChI=1S/C24H32N6O2/c1-3-32-15-21-29-22-20(13-16(2)27-23(22)25)30(21)12-8-7-11-26-24(31)28-19-14-18(19)17-9-5-4-6-10-17/h4-6,9-10,13,18-19H,3,7-8,11-12,14-15H2,1-2H3,(H2,25,27)(H2,26,28,31)/t18-,19+/m0/s1. The molecule has 8 heteroatoms. The normalized spacial score (nSPS) is 17.4. The quantitative estimate of drug-likeness (QED) is 0.422. The average molecular weight is 437 g/mol. The molecule has 0 aliphatic heterocycles. The predicted octanol–water partition coefficient (Wildman–Crippen LogP) is 3.49. The Bertz CT molecular complexity index is 1070. The van der Waals surface area contributed by atoms with E-state index in [9.17, 15) is 4.79 Å². The molecule has 0 saturated heterocycles. The van der Waals surface area contributed by atoms with Crippen molar-refractivity contribution < 1.29 is 9.53 Å². The van der Waals surface area contributed by atoms with Crippen molar-refractivity contribution >= 4 is 22.9 Å². The monoisotopic (exact) mass is 436 g/mol. The second-order valence-corrected chi connectivity index (χ2v) is 8.30. The first kappa shape index (κ1) is 22.1. The van der Waals surface area contributed by atoms with E-state index in [0.29, 0.717) is 31.5 Å². The number of hydrogen-bond donors (Lipinski definition) is 3. The van der Waals surface area contributed by atoms with Gasteiger partial charge in [0.2, 0.25) is 0 Å². The number of ether oxygens (including phenoxy) is 1. The minimum atomic E-state index is -0.0898. The Kier molecular flexibility index (Phi) is 6.90. The number of nitrogen functional groups attached to an aromatic ring is 1. The number of imidazole rings is 1. The van der Waals surface area contributed by atoms with Crippen LogP contribution in [0.25, 0.3) is 11.0 Å². The summed E-state index contributed by atoms with van der Waals surface area (Å²) in [6, 6.07) is 12.5. The molecule has 1 saturated carbocycles. The molecule has 2 heterocycles. The van der Waals surface area contributed by atoms with Crippen molar-refractivity contribution in [2.75, 3.05) is 18.9 Å². The number of unbranched alkanes of at least 4 members (excludes halogenated alkanes) is 1. The van der Waals surface area contributed by atoms with Gasteiger partial charge < -0.3 is 25.7 Å². The highest BCUT2D eigenvalue weighted by Crippen LogP contribution is 2.40. The van der Waals surface area contributed by atoms with E-state index in [1.54, 1.807) is 0 Å². The molecule has 32 heavy (non-hydrogen) atoms. The summed E-state index contributed by atoms with van der Waals surface area (Å²) in [5.41, 5.74) is 9.95. The zero-order chi connectivity index (χ0) is 22.5. The number of aryl methyl sites for hydroxylation is 2. The maximum Gasteiger partial charge on any atom is 0.315 e. The van der Waals surface area contributed by atoms with Gasteiger partial charge in [-0.2, -0.15) is 0 Å². The van der Waals surface area contributed by atoms with E-state index >= 15 is 0 Å². The number of fused-ring (bicyclic) bond motifs is 1. The first-order chi connectivity index (χ1) is 15.6. The highest BCUT2D eigenvalue weighted by molar-refractivity contribution is 5.85. The zero-order valence-electron chi connectivity index (χ0n) is 18.8. The lowest BCUT2D eigenvalue weighted by Gasteiger charge is -2.11. The van der Waals surface area contributed by atoms with E-state index in [2.05, 4.69) is 37.3 Å². The third-order valence-corrected chi connectivity index (χ3v) is 5.83. The van der Waals surface area contributed by atoms with Gasteiger partial charge in [-0.05, 0) is 44.7 Å². The van der Waals surface area contributed by atoms with Gasteiger partial charge in [-0.3, -0.25) is 0 Å². The summed E-state index contributed by atoms with van der Waals surface area (Å²) in [7, 11) is 0. The van der Waals surface area contributed by atoms with E-state index < -0.39 is 0 Å². The number of nitrogens with two attached hydrogens (primary N) is 1.